The van der Waals surface area contributed by atoms with Gasteiger partial charge in [-0.2, -0.15) is 22.0 Å². The van der Waals surface area contributed by atoms with Crippen LogP contribution in [0.3, 0.4) is 0 Å². The van der Waals surface area contributed by atoms with Crippen LogP contribution >= 0.6 is 0 Å². The van der Waals surface area contributed by atoms with Crippen LogP contribution in [0.5, 0.6) is 11.6 Å². The van der Waals surface area contributed by atoms with E-state index in [-0.39, 0.29) is 23.4 Å². The minimum atomic E-state index is -4.98. The highest BCUT2D eigenvalue weighted by Crippen LogP contribution is 2.45. The van der Waals surface area contributed by atoms with Crippen molar-refractivity contribution in [1.82, 2.24) is 9.88 Å². The van der Waals surface area contributed by atoms with Crippen LogP contribution in [0.4, 0.5) is 37.7 Å². The van der Waals surface area contributed by atoms with E-state index >= 15 is 0 Å². The number of alkyl halides is 5. The summed E-state index contributed by atoms with van der Waals surface area (Å²) in [5, 5.41) is 9.22. The van der Waals surface area contributed by atoms with Crippen molar-refractivity contribution in [3.63, 3.8) is 0 Å². The van der Waals surface area contributed by atoms with Gasteiger partial charge in [-0.3, -0.25) is 14.0 Å². The number of pyridine rings is 1. The van der Waals surface area contributed by atoms with Crippen LogP contribution in [0, 0.1) is 5.82 Å². The summed E-state index contributed by atoms with van der Waals surface area (Å²) in [6, 6.07) is 7.53. The van der Waals surface area contributed by atoms with Crippen molar-refractivity contribution in [2.45, 2.75) is 23.8 Å². The second-order valence-corrected chi connectivity index (χ2v) is 11.9. The monoisotopic (exact) mass is 676 g/mol. The molecule has 1 N–H and O–H groups in total. The molecule has 2 aliphatic rings. The first-order valence-corrected chi connectivity index (χ1v) is 15.0. The molecule has 2 aromatic carbocycles. The fourth-order valence-corrected chi connectivity index (χ4v) is 6.88. The van der Waals surface area contributed by atoms with Gasteiger partial charge in [-0.25, -0.2) is 17.8 Å². The summed E-state index contributed by atoms with van der Waals surface area (Å²) in [7, 11) is -3.77. The summed E-state index contributed by atoms with van der Waals surface area (Å²) >= 11 is 0. The number of aliphatic hydroxyl groups excluding tert-OH is 1. The number of carbonyl (C=O) groups excluding carboxylic acids is 1. The molecule has 46 heavy (non-hydrogen) atoms. The largest absolute Gasteiger partial charge is 0.474 e. The van der Waals surface area contributed by atoms with Crippen molar-refractivity contribution in [1.29, 1.82) is 0 Å². The molecule has 0 spiro atoms. The van der Waals surface area contributed by atoms with Gasteiger partial charge in [0.05, 0.1) is 43.7 Å². The summed E-state index contributed by atoms with van der Waals surface area (Å²) in [5.74, 6) is -2.72. The number of hydrogen-bond acceptors (Lipinski definition) is 10. The molecular weight excluding hydrogens is 650 g/mol. The molecule has 1 atom stereocenters. The number of fused-ring (bicyclic) bond motifs is 3. The second-order valence-electron chi connectivity index (χ2n) is 10.1. The maximum absolute atomic E-state index is 14.4. The number of aliphatic hydroxyl groups is 1. The summed E-state index contributed by atoms with van der Waals surface area (Å²) in [5.41, 5.74) is -0.914. The van der Waals surface area contributed by atoms with E-state index in [1.54, 1.807) is 9.80 Å². The Kier molecular flexibility index (Phi) is 9.23. The van der Waals surface area contributed by atoms with Crippen molar-refractivity contribution in [3.05, 3.63) is 60.0 Å². The standard InChI is InChI=1S/C28H26F6N4O7S/c1-43-25(40)15-36-4-5-37-21-3-2-16(17-8-19(29)12-20(9-17)45-27(30)31)10-22(21)38(14-24(36)37)46(41,42)23-11-18(28(32,33)34)13-35-26(23)44-7-6-39/h2-3,8-13,24,27,39H,4-7,14-15H2,1H3. The van der Waals surface area contributed by atoms with Crippen LogP contribution in [0.25, 0.3) is 11.1 Å². The molecule has 1 fully saturated rings. The van der Waals surface area contributed by atoms with Gasteiger partial charge in [0.2, 0.25) is 5.88 Å². The molecule has 1 aromatic heterocycles. The average molecular weight is 677 g/mol. The van der Waals surface area contributed by atoms with Crippen molar-refractivity contribution < 1.29 is 58.9 Å². The zero-order chi connectivity index (χ0) is 33.4. The van der Waals surface area contributed by atoms with E-state index in [1.165, 1.54) is 25.3 Å². The van der Waals surface area contributed by atoms with Crippen LogP contribution in [-0.4, -0.2) is 88.7 Å². The van der Waals surface area contributed by atoms with E-state index in [0.717, 1.165) is 22.5 Å². The van der Waals surface area contributed by atoms with Gasteiger partial charge in [-0.15, -0.1) is 0 Å². The third kappa shape index (κ3) is 6.63. The van der Waals surface area contributed by atoms with Crippen LogP contribution < -0.4 is 18.7 Å². The van der Waals surface area contributed by atoms with E-state index in [1.807, 2.05) is 0 Å². The molecule has 2 aliphatic heterocycles. The molecule has 1 unspecified atom stereocenters. The smallest absolute Gasteiger partial charge is 0.417 e. The van der Waals surface area contributed by atoms with Gasteiger partial charge in [0.15, 0.2) is 4.90 Å². The van der Waals surface area contributed by atoms with E-state index in [9.17, 15) is 44.7 Å². The van der Waals surface area contributed by atoms with Gasteiger partial charge < -0.3 is 24.2 Å². The highest BCUT2D eigenvalue weighted by molar-refractivity contribution is 7.93. The molecule has 0 aliphatic carbocycles. The molecule has 0 radical (unpaired) electrons. The molecule has 18 heteroatoms. The van der Waals surface area contributed by atoms with E-state index in [0.29, 0.717) is 31.0 Å². The third-order valence-corrected chi connectivity index (χ3v) is 9.10. The van der Waals surface area contributed by atoms with Gasteiger partial charge in [0, 0.05) is 25.4 Å². The predicted octanol–water partition coefficient (Wildman–Crippen LogP) is 3.71. The van der Waals surface area contributed by atoms with Gasteiger partial charge in [0.1, 0.15) is 24.3 Å². The Labute approximate surface area is 258 Å². The van der Waals surface area contributed by atoms with Crippen molar-refractivity contribution in [2.75, 3.05) is 55.7 Å². The zero-order valence-electron chi connectivity index (χ0n) is 23.9. The summed E-state index contributed by atoms with van der Waals surface area (Å²) < 4.78 is 125. The first-order chi connectivity index (χ1) is 21.7. The lowest BCUT2D eigenvalue weighted by Crippen LogP contribution is -2.54. The molecule has 1 saturated heterocycles. The van der Waals surface area contributed by atoms with E-state index < -0.39 is 82.6 Å². The molecule has 248 valence electrons. The first kappa shape index (κ1) is 33.1. The number of benzene rings is 2. The van der Waals surface area contributed by atoms with Crippen LogP contribution in [0.1, 0.15) is 5.56 Å². The van der Waals surface area contributed by atoms with Gasteiger partial charge >= 0.3 is 18.8 Å². The van der Waals surface area contributed by atoms with Crippen molar-refractivity contribution >= 4 is 27.4 Å². The predicted molar refractivity (Wildman–Crippen MR) is 150 cm³/mol. The van der Waals surface area contributed by atoms with E-state index in [2.05, 4.69) is 9.72 Å². The molecule has 0 saturated carbocycles. The summed E-state index contributed by atoms with van der Waals surface area (Å²) in [6.45, 7) is -4.31. The number of aromatic nitrogens is 1. The molecule has 3 aromatic rings. The van der Waals surface area contributed by atoms with Gasteiger partial charge in [-0.05, 0) is 41.5 Å². The number of rotatable bonds is 10. The van der Waals surface area contributed by atoms with Gasteiger partial charge in [-0.1, -0.05) is 6.07 Å². The Morgan fingerprint density at radius 1 is 1.09 bits per heavy atom. The summed E-state index contributed by atoms with van der Waals surface area (Å²) in [6.07, 6.45) is -5.35. The molecule has 3 heterocycles. The number of nitrogens with zero attached hydrogens (tertiary/aromatic N) is 4. The number of ether oxygens (including phenoxy) is 3. The minimum Gasteiger partial charge on any atom is -0.474 e. The lowest BCUT2D eigenvalue weighted by molar-refractivity contribution is -0.142. The number of carbonyl (C=O) groups is 1. The molecule has 5 rings (SSSR count). The molecular formula is C28H26F6N4O7S. The number of sulfonamides is 1. The average Bonchev–Trinajstić information content (AvgIpc) is 3.40. The Bertz CT molecular complexity index is 1730. The Hall–Kier alpha value is -4.29. The first-order valence-electron chi connectivity index (χ1n) is 13.5. The van der Waals surface area contributed by atoms with Crippen molar-refractivity contribution in [2.24, 2.45) is 0 Å². The molecule has 0 amide bonds. The second kappa shape index (κ2) is 12.8. The lowest BCUT2D eigenvalue weighted by atomic mass is 10.0. The quantitative estimate of drug-likeness (QED) is 0.251. The van der Waals surface area contributed by atoms with E-state index in [4.69, 9.17) is 9.47 Å². The number of halogens is 6. The number of esters is 1. The van der Waals surface area contributed by atoms with Crippen LogP contribution in [0.15, 0.2) is 53.6 Å². The topological polar surface area (TPSA) is 122 Å². The molecule has 0 bridgehead atoms. The third-order valence-electron chi connectivity index (χ3n) is 7.33. The normalized spacial score (nSPS) is 16.8. The Morgan fingerprint density at radius 2 is 1.85 bits per heavy atom. The number of methoxy groups -OCH3 is 1. The number of hydrogen-bond donors (Lipinski definition) is 1. The summed E-state index contributed by atoms with van der Waals surface area (Å²) in [4.78, 5) is 18.2. The van der Waals surface area contributed by atoms with Crippen molar-refractivity contribution in [3.8, 4) is 22.8 Å². The highest BCUT2D eigenvalue weighted by Gasteiger charge is 2.45. The zero-order valence-corrected chi connectivity index (χ0v) is 24.7. The fraction of sp³-hybridized carbons (Fsp3) is 0.357. The fourth-order valence-electron chi connectivity index (χ4n) is 5.30. The van der Waals surface area contributed by atoms with Gasteiger partial charge in [0.25, 0.3) is 10.0 Å². The Balaban J connectivity index is 1.68. The van der Waals surface area contributed by atoms with Crippen LogP contribution in [0.2, 0.25) is 0 Å². The number of anilines is 2. The maximum Gasteiger partial charge on any atom is 0.417 e. The Morgan fingerprint density at radius 3 is 2.52 bits per heavy atom. The molecule has 11 nitrogen and oxygen atoms in total. The van der Waals surface area contributed by atoms with Crippen LogP contribution in [-0.2, 0) is 25.7 Å². The minimum absolute atomic E-state index is 0.0411. The lowest BCUT2D eigenvalue weighted by Gasteiger charge is -2.42. The highest BCUT2D eigenvalue weighted by atomic mass is 32.2. The SMILES string of the molecule is COC(=O)CN1CCN2c3ccc(-c4cc(F)cc(OC(F)F)c4)cc3N(S(=O)(=O)c3cc(C(F)(F)F)cnc3OCCO)CC12. The maximum atomic E-state index is 14.4.